The molecule has 0 bridgehead atoms. The van der Waals surface area contributed by atoms with Gasteiger partial charge in [-0.3, -0.25) is 20.4 Å². The van der Waals surface area contributed by atoms with E-state index >= 15 is 0 Å². The van der Waals surface area contributed by atoms with E-state index in [1.54, 1.807) is 24.4 Å². The molecule has 0 saturated carbocycles. The molecule has 0 saturated heterocycles. The van der Waals surface area contributed by atoms with E-state index in [-0.39, 0.29) is 11.8 Å². The molecule has 0 radical (unpaired) electrons. The van der Waals surface area contributed by atoms with E-state index < -0.39 is 0 Å². The number of H-pyrrole nitrogens is 1. The monoisotopic (exact) mass is 285 g/mol. The molecule has 5 nitrogen and oxygen atoms in total. The number of fused-ring (bicyclic) bond motifs is 1. The minimum Gasteiger partial charge on any atom is -0.357 e. The first-order valence-electron chi connectivity index (χ1n) is 5.97. The Morgan fingerprint density at radius 1 is 1.00 bits per heavy atom. The molecule has 0 atom stereocenters. The van der Waals surface area contributed by atoms with Gasteiger partial charge in [0.1, 0.15) is 5.69 Å². The van der Waals surface area contributed by atoms with Crippen LogP contribution in [0, 0.1) is 0 Å². The van der Waals surface area contributed by atoms with Crippen molar-refractivity contribution in [3.05, 3.63) is 59.2 Å². The summed E-state index contributed by atoms with van der Waals surface area (Å²) in [6.45, 7) is 0. The van der Waals surface area contributed by atoms with Crippen LogP contribution in [0.4, 0.5) is 0 Å². The summed E-state index contributed by atoms with van der Waals surface area (Å²) >= 11 is 1.38. The summed E-state index contributed by atoms with van der Waals surface area (Å²) in [6.07, 6.45) is 1.64. The molecule has 0 aliphatic heterocycles. The molecule has 20 heavy (non-hydrogen) atoms. The number of rotatable bonds is 2. The minimum atomic E-state index is -0.385. The summed E-state index contributed by atoms with van der Waals surface area (Å²) in [4.78, 5) is 26.9. The Labute approximate surface area is 118 Å². The van der Waals surface area contributed by atoms with E-state index in [4.69, 9.17) is 0 Å². The van der Waals surface area contributed by atoms with Crippen molar-refractivity contribution >= 4 is 33.2 Å². The molecular formula is C14H11N3O2S. The summed E-state index contributed by atoms with van der Waals surface area (Å²) in [7, 11) is 0. The Balaban J connectivity index is 1.68. The number of amides is 2. The third-order valence-corrected chi connectivity index (χ3v) is 3.90. The second-order valence-corrected chi connectivity index (χ2v) is 5.22. The maximum atomic E-state index is 12.0. The summed E-state index contributed by atoms with van der Waals surface area (Å²) in [5.74, 6) is -0.712. The Bertz CT molecular complexity index is 729. The Morgan fingerprint density at radius 3 is 2.55 bits per heavy atom. The van der Waals surface area contributed by atoms with Gasteiger partial charge in [0.15, 0.2) is 0 Å². The van der Waals surface area contributed by atoms with Crippen LogP contribution in [0.3, 0.4) is 0 Å². The van der Waals surface area contributed by atoms with Gasteiger partial charge in [0.25, 0.3) is 11.8 Å². The van der Waals surface area contributed by atoms with Crippen LogP contribution < -0.4 is 10.9 Å². The number of thiophene rings is 1. The van der Waals surface area contributed by atoms with Gasteiger partial charge in [0, 0.05) is 10.9 Å². The van der Waals surface area contributed by atoms with Gasteiger partial charge in [0.05, 0.1) is 4.88 Å². The van der Waals surface area contributed by atoms with Gasteiger partial charge in [0.2, 0.25) is 0 Å². The van der Waals surface area contributed by atoms with E-state index in [1.165, 1.54) is 11.3 Å². The highest BCUT2D eigenvalue weighted by atomic mass is 32.1. The number of aromatic nitrogens is 1. The predicted molar refractivity (Wildman–Crippen MR) is 77.6 cm³/mol. The third-order valence-electron chi connectivity index (χ3n) is 2.78. The molecule has 0 spiro atoms. The molecule has 2 amide bonds. The second-order valence-electron chi connectivity index (χ2n) is 4.14. The van der Waals surface area contributed by atoms with Crippen LogP contribution in [0.15, 0.2) is 48.7 Å². The van der Waals surface area contributed by atoms with Crippen LogP contribution in [0.1, 0.15) is 20.2 Å². The van der Waals surface area contributed by atoms with Crippen LogP contribution in [0.2, 0.25) is 0 Å². The lowest BCUT2D eigenvalue weighted by atomic mass is 10.2. The van der Waals surface area contributed by atoms with Crippen LogP contribution in [-0.2, 0) is 0 Å². The van der Waals surface area contributed by atoms with E-state index in [0.29, 0.717) is 10.6 Å². The summed E-state index contributed by atoms with van der Waals surface area (Å²) < 4.78 is 1.04. The fourth-order valence-electron chi connectivity index (χ4n) is 1.81. The molecule has 1 aromatic carbocycles. The maximum Gasteiger partial charge on any atom is 0.286 e. The highest BCUT2D eigenvalue weighted by Gasteiger charge is 2.12. The number of aromatic amines is 1. The molecular weight excluding hydrogens is 274 g/mol. The second kappa shape index (κ2) is 5.18. The molecule has 3 rings (SSSR count). The molecule has 2 aromatic heterocycles. The van der Waals surface area contributed by atoms with E-state index in [2.05, 4.69) is 15.8 Å². The number of carbonyl (C=O) groups is 2. The average molecular weight is 285 g/mol. The van der Waals surface area contributed by atoms with Gasteiger partial charge < -0.3 is 4.98 Å². The number of hydrogen-bond acceptors (Lipinski definition) is 3. The van der Waals surface area contributed by atoms with Gasteiger partial charge in [-0.25, -0.2) is 0 Å². The van der Waals surface area contributed by atoms with Crippen molar-refractivity contribution < 1.29 is 9.59 Å². The average Bonchev–Trinajstić information content (AvgIpc) is 3.12. The predicted octanol–water partition coefficient (Wildman–Crippen LogP) is 2.30. The van der Waals surface area contributed by atoms with Crippen LogP contribution in [-0.4, -0.2) is 16.8 Å². The van der Waals surface area contributed by atoms with Crippen LogP contribution in [0.5, 0.6) is 0 Å². The largest absolute Gasteiger partial charge is 0.357 e. The number of benzene rings is 1. The van der Waals surface area contributed by atoms with E-state index in [1.807, 2.05) is 24.3 Å². The van der Waals surface area contributed by atoms with Crippen molar-refractivity contribution in [2.24, 2.45) is 0 Å². The van der Waals surface area contributed by atoms with E-state index in [0.717, 1.165) is 10.1 Å². The topological polar surface area (TPSA) is 74.0 Å². The maximum absolute atomic E-state index is 12.0. The number of hydrazine groups is 1. The number of nitrogens with one attached hydrogen (secondary N) is 3. The fourth-order valence-corrected chi connectivity index (χ4v) is 2.77. The zero-order valence-corrected chi connectivity index (χ0v) is 11.2. The zero-order chi connectivity index (χ0) is 13.9. The van der Waals surface area contributed by atoms with Crippen LogP contribution in [0.25, 0.3) is 10.1 Å². The summed E-state index contributed by atoms with van der Waals surface area (Å²) in [5.41, 5.74) is 5.15. The molecule has 3 aromatic rings. The first-order chi connectivity index (χ1) is 9.74. The normalized spacial score (nSPS) is 10.4. The lowest BCUT2D eigenvalue weighted by Crippen LogP contribution is -2.41. The lowest BCUT2D eigenvalue weighted by molar-refractivity contribution is 0.0846. The Morgan fingerprint density at radius 2 is 1.80 bits per heavy atom. The summed E-state index contributed by atoms with van der Waals surface area (Å²) in [6, 6.07) is 12.9. The van der Waals surface area contributed by atoms with Gasteiger partial charge in [-0.15, -0.1) is 11.3 Å². The standard InChI is InChI=1S/C14H11N3O2S/c18-13(10-5-3-7-15-10)16-17-14(19)12-8-9-4-1-2-6-11(9)20-12/h1-8,15H,(H,16,18)(H,17,19). The Kier molecular flexibility index (Phi) is 3.22. The number of hydrogen-bond donors (Lipinski definition) is 3. The molecule has 3 N–H and O–H groups in total. The molecule has 100 valence electrons. The smallest absolute Gasteiger partial charge is 0.286 e. The molecule has 0 fully saturated rings. The third kappa shape index (κ3) is 2.41. The highest BCUT2D eigenvalue weighted by molar-refractivity contribution is 7.20. The van der Waals surface area contributed by atoms with Crippen molar-refractivity contribution in [1.82, 2.24) is 15.8 Å². The van der Waals surface area contributed by atoms with Crippen molar-refractivity contribution in [3.63, 3.8) is 0 Å². The lowest BCUT2D eigenvalue weighted by Gasteiger charge is -2.04. The van der Waals surface area contributed by atoms with Gasteiger partial charge in [-0.1, -0.05) is 18.2 Å². The molecule has 0 aliphatic carbocycles. The first kappa shape index (κ1) is 12.4. The minimum absolute atomic E-state index is 0.328. The molecule has 0 aliphatic rings. The zero-order valence-electron chi connectivity index (χ0n) is 10.3. The van der Waals surface area contributed by atoms with Crippen molar-refractivity contribution in [1.29, 1.82) is 0 Å². The summed E-state index contributed by atoms with van der Waals surface area (Å²) in [5, 5.41) is 1.01. The van der Waals surface area contributed by atoms with Gasteiger partial charge in [-0.05, 0) is 29.7 Å². The first-order valence-corrected chi connectivity index (χ1v) is 6.78. The van der Waals surface area contributed by atoms with Crippen molar-refractivity contribution in [2.75, 3.05) is 0 Å². The molecule has 6 heteroatoms. The molecule has 2 heterocycles. The SMILES string of the molecule is O=C(NNC(=O)c1cc2ccccc2s1)c1ccc[nH]1. The molecule has 0 unspecified atom stereocenters. The van der Waals surface area contributed by atoms with Crippen LogP contribution >= 0.6 is 11.3 Å². The van der Waals surface area contributed by atoms with Crippen molar-refractivity contribution in [3.8, 4) is 0 Å². The van der Waals surface area contributed by atoms with Crippen molar-refractivity contribution in [2.45, 2.75) is 0 Å². The number of carbonyl (C=O) groups excluding carboxylic acids is 2. The fraction of sp³-hybridized carbons (Fsp3) is 0. The quantitative estimate of drug-likeness (QED) is 0.632. The van der Waals surface area contributed by atoms with Gasteiger partial charge >= 0.3 is 0 Å². The highest BCUT2D eigenvalue weighted by Crippen LogP contribution is 2.24. The van der Waals surface area contributed by atoms with Gasteiger partial charge in [-0.2, -0.15) is 0 Å². The van der Waals surface area contributed by atoms with E-state index in [9.17, 15) is 9.59 Å². The Hall–Kier alpha value is -2.60.